The van der Waals surface area contributed by atoms with E-state index < -0.39 is 146 Å². The van der Waals surface area contributed by atoms with E-state index in [0.29, 0.717) is 5.56 Å². The molecule has 0 saturated carbocycles. The topological polar surface area (TPSA) is 302 Å². The van der Waals surface area contributed by atoms with E-state index in [-0.39, 0.29) is 11.4 Å². The zero-order valence-electron chi connectivity index (χ0n) is 38.9. The lowest BCUT2D eigenvalue weighted by Gasteiger charge is -2.48. The number of nitrogens with zero attached hydrogens (tertiary/aromatic N) is 2. The summed E-state index contributed by atoms with van der Waals surface area (Å²) in [6.07, 6.45) is -15.5. The summed E-state index contributed by atoms with van der Waals surface area (Å²) in [7, 11) is 0. The number of rotatable bonds is 19. The Kier molecular flexibility index (Phi) is 18.4. The van der Waals surface area contributed by atoms with Crippen molar-refractivity contribution in [1.29, 1.82) is 0 Å². The SMILES string of the molecule is CC(=O)OC[C@@H](OC(C)=O)[C@H](OC(C)=O)[C@@H]1O[C@@](OC[C@H]2O[C@@H](n3ccc(NC(=O)c4ccccc4)nc3=O)[C@H](OC(C)=O)[C@@H]2OC(C)=O)(C(=O)OCc2ccccc2)C[C@H](OC(C)=O)[C@H]1OC(C)=O. The third kappa shape index (κ3) is 14.5. The van der Waals surface area contributed by atoms with Crippen molar-refractivity contribution in [3.8, 4) is 0 Å². The number of carbonyl (C=O) groups excluding carboxylic acids is 9. The molecule has 5 rings (SSSR count). The van der Waals surface area contributed by atoms with Crippen molar-refractivity contribution in [1.82, 2.24) is 9.55 Å². The van der Waals surface area contributed by atoms with Crippen LogP contribution in [0.3, 0.4) is 0 Å². The Bertz CT molecular complexity index is 2470. The van der Waals surface area contributed by atoms with Gasteiger partial charge in [-0.1, -0.05) is 48.5 Å². The fourth-order valence-electron chi connectivity index (χ4n) is 7.50. The van der Waals surface area contributed by atoms with Gasteiger partial charge in [-0.25, -0.2) is 9.59 Å². The molecule has 2 saturated heterocycles. The molecule has 2 aromatic carbocycles. The van der Waals surface area contributed by atoms with Crippen LogP contribution in [-0.4, -0.2) is 131 Å². The maximum absolute atomic E-state index is 14.7. The van der Waals surface area contributed by atoms with Crippen LogP contribution >= 0.6 is 0 Å². The summed E-state index contributed by atoms with van der Waals surface area (Å²) in [5, 5.41) is 2.50. The largest absolute Gasteiger partial charge is 0.462 e. The fourth-order valence-corrected chi connectivity index (χ4v) is 7.50. The van der Waals surface area contributed by atoms with E-state index in [0.717, 1.165) is 59.2 Å². The second-order valence-electron chi connectivity index (χ2n) is 15.7. The molecule has 3 aromatic rings. The molecule has 1 aromatic heterocycles. The molecule has 0 radical (unpaired) electrons. The lowest BCUT2D eigenvalue weighted by molar-refractivity contribution is -0.336. The van der Waals surface area contributed by atoms with Crippen molar-refractivity contribution in [2.24, 2.45) is 0 Å². The van der Waals surface area contributed by atoms with Crippen LogP contribution in [0.5, 0.6) is 0 Å². The molecule has 10 atom stereocenters. The summed E-state index contributed by atoms with van der Waals surface area (Å²) in [4.78, 5) is 133. The maximum Gasteiger partial charge on any atom is 0.367 e. The van der Waals surface area contributed by atoms with E-state index in [9.17, 15) is 47.9 Å². The molecule has 24 heteroatoms. The quantitative estimate of drug-likeness (QED) is 0.132. The molecular formula is C46H51N3O21. The highest BCUT2D eigenvalue weighted by atomic mass is 16.8. The highest BCUT2D eigenvalue weighted by Gasteiger charge is 2.61. The Hall–Kier alpha value is -7.57. The first kappa shape index (κ1) is 53.4. The standard InChI is InChI=1S/C46H51N3O21/c1-24(50)60-22-34(64-26(3)52)38(66-28(5)54)40-37(65-27(4)53)33(63-25(2)51)20-46(70-40,44(58)61-21-31-14-10-8-11-15-31)62-23-35-39(67-29(6)55)41(68-30(7)56)43(69-35)49-19-18-36(48-45(49)59)47-42(57)32-16-12-9-13-17-32/h8-19,33-35,37-41,43H,20-23H2,1-7H3,(H,47,48,57,59)/t33-,34+,35+,37+,38-,39+,40+,41+,43+,46+/m0/s1. The van der Waals surface area contributed by atoms with E-state index in [1.165, 1.54) is 18.2 Å². The number of hydrogen-bond donors (Lipinski definition) is 1. The van der Waals surface area contributed by atoms with Crippen molar-refractivity contribution < 1.29 is 95.3 Å². The summed E-state index contributed by atoms with van der Waals surface area (Å²) in [5.41, 5.74) is -0.310. The minimum Gasteiger partial charge on any atom is -0.462 e. The highest BCUT2D eigenvalue weighted by molar-refractivity contribution is 6.03. The first-order chi connectivity index (χ1) is 33.2. The summed E-state index contributed by atoms with van der Waals surface area (Å²) >= 11 is 0. The Balaban J connectivity index is 1.62. The second-order valence-corrected chi connectivity index (χ2v) is 15.7. The van der Waals surface area contributed by atoms with Gasteiger partial charge in [0.1, 0.15) is 37.3 Å². The number of nitrogens with one attached hydrogen (secondary N) is 1. The molecule has 0 aliphatic carbocycles. The molecule has 1 amide bonds. The van der Waals surface area contributed by atoms with E-state index in [4.69, 9.17) is 52.1 Å². The van der Waals surface area contributed by atoms with Crippen LogP contribution in [0.2, 0.25) is 0 Å². The van der Waals surface area contributed by atoms with Gasteiger partial charge in [-0.05, 0) is 23.8 Å². The summed E-state index contributed by atoms with van der Waals surface area (Å²) < 4.78 is 64.2. The van der Waals surface area contributed by atoms with Crippen LogP contribution in [-0.2, 0) is 97.1 Å². The van der Waals surface area contributed by atoms with E-state index in [2.05, 4.69) is 10.3 Å². The van der Waals surface area contributed by atoms with Gasteiger partial charge < -0.3 is 57.4 Å². The van der Waals surface area contributed by atoms with Crippen LogP contribution in [0.1, 0.15) is 77.0 Å². The van der Waals surface area contributed by atoms with Crippen LogP contribution in [0.4, 0.5) is 5.82 Å². The number of hydrogen-bond acceptors (Lipinski definition) is 22. The van der Waals surface area contributed by atoms with Gasteiger partial charge in [-0.3, -0.25) is 42.9 Å². The predicted octanol–water partition coefficient (Wildman–Crippen LogP) is 1.79. The number of anilines is 1. The van der Waals surface area contributed by atoms with Gasteiger partial charge in [-0.2, -0.15) is 4.98 Å². The minimum absolute atomic E-state index is 0.168. The molecular weight excluding hydrogens is 931 g/mol. The first-order valence-electron chi connectivity index (χ1n) is 21.5. The maximum atomic E-state index is 14.7. The van der Waals surface area contributed by atoms with Gasteiger partial charge in [0.15, 0.2) is 36.7 Å². The summed E-state index contributed by atoms with van der Waals surface area (Å²) in [6, 6.07) is 17.5. The van der Waals surface area contributed by atoms with Crippen molar-refractivity contribution >= 4 is 59.5 Å². The van der Waals surface area contributed by atoms with Gasteiger partial charge >= 0.3 is 53.4 Å². The molecule has 376 valence electrons. The molecule has 0 bridgehead atoms. The molecule has 1 N–H and O–H groups in total. The number of ether oxygens (including phenoxy) is 11. The van der Waals surface area contributed by atoms with Crippen molar-refractivity contribution in [2.75, 3.05) is 18.5 Å². The van der Waals surface area contributed by atoms with E-state index >= 15 is 0 Å². The summed E-state index contributed by atoms with van der Waals surface area (Å²) in [5.74, 6) is -11.7. The highest BCUT2D eigenvalue weighted by Crippen LogP contribution is 2.41. The van der Waals surface area contributed by atoms with E-state index in [1.54, 1.807) is 48.5 Å². The predicted molar refractivity (Wildman–Crippen MR) is 231 cm³/mol. The zero-order chi connectivity index (χ0) is 51.3. The molecule has 0 unspecified atom stereocenters. The lowest BCUT2D eigenvalue weighted by Crippen LogP contribution is -2.66. The van der Waals surface area contributed by atoms with Gasteiger partial charge in [0.05, 0.1) is 13.0 Å². The zero-order valence-corrected chi connectivity index (χ0v) is 38.9. The molecule has 2 aliphatic heterocycles. The van der Waals surface area contributed by atoms with Gasteiger partial charge in [0.2, 0.25) is 0 Å². The number of aromatic nitrogens is 2. The lowest BCUT2D eigenvalue weighted by atomic mass is 9.89. The molecule has 2 fully saturated rings. The van der Waals surface area contributed by atoms with Crippen LogP contribution in [0, 0.1) is 0 Å². The van der Waals surface area contributed by atoms with Crippen LogP contribution < -0.4 is 11.0 Å². The van der Waals surface area contributed by atoms with Crippen LogP contribution in [0.15, 0.2) is 77.7 Å². The van der Waals surface area contributed by atoms with E-state index in [1.807, 2.05) is 0 Å². The normalized spacial score (nSPS) is 23.5. The molecule has 0 spiro atoms. The Morgan fingerprint density at radius 1 is 0.700 bits per heavy atom. The monoisotopic (exact) mass is 981 g/mol. The Labute approximate surface area is 399 Å². The Morgan fingerprint density at radius 3 is 1.86 bits per heavy atom. The molecule has 24 nitrogen and oxygen atoms in total. The van der Waals surface area contributed by atoms with Crippen molar-refractivity contribution in [2.45, 2.75) is 122 Å². The number of carbonyl (C=O) groups is 9. The minimum atomic E-state index is -2.84. The van der Waals surface area contributed by atoms with Gasteiger partial charge in [-0.15, -0.1) is 0 Å². The van der Waals surface area contributed by atoms with Gasteiger partial charge in [0.25, 0.3) is 11.7 Å². The fraction of sp³-hybridized carbons (Fsp3) is 0.457. The van der Waals surface area contributed by atoms with Crippen molar-refractivity contribution in [3.63, 3.8) is 0 Å². The second kappa shape index (κ2) is 24.1. The molecule has 70 heavy (non-hydrogen) atoms. The molecule has 2 aliphatic rings. The molecule has 3 heterocycles. The third-order valence-corrected chi connectivity index (χ3v) is 10.1. The summed E-state index contributed by atoms with van der Waals surface area (Å²) in [6.45, 7) is 4.87. The van der Waals surface area contributed by atoms with Gasteiger partial charge in [0, 0.05) is 60.2 Å². The number of esters is 8. The first-order valence-corrected chi connectivity index (χ1v) is 21.5. The van der Waals surface area contributed by atoms with Crippen LogP contribution in [0.25, 0.3) is 0 Å². The number of benzene rings is 2. The number of amides is 1. The van der Waals surface area contributed by atoms with Crippen molar-refractivity contribution in [3.05, 3.63) is 94.5 Å². The third-order valence-electron chi connectivity index (χ3n) is 10.1. The average molecular weight is 982 g/mol. The average Bonchev–Trinajstić information content (AvgIpc) is 3.60. The smallest absolute Gasteiger partial charge is 0.367 e. The Morgan fingerprint density at radius 2 is 1.29 bits per heavy atom.